The van der Waals surface area contributed by atoms with Gasteiger partial charge < -0.3 is 10.6 Å². The van der Waals surface area contributed by atoms with Gasteiger partial charge in [0.2, 0.25) is 0 Å². The molecule has 1 atom stereocenters. The molecule has 0 aliphatic carbocycles. The first-order valence-corrected chi connectivity index (χ1v) is 5.29. The van der Waals surface area contributed by atoms with Crippen molar-refractivity contribution >= 4 is 5.96 Å². The molecule has 1 heterocycles. The zero-order valence-electron chi connectivity index (χ0n) is 8.79. The van der Waals surface area contributed by atoms with Gasteiger partial charge in [-0.2, -0.15) is 0 Å². The summed E-state index contributed by atoms with van der Waals surface area (Å²) >= 11 is 0. The van der Waals surface area contributed by atoms with E-state index in [1.165, 1.54) is 19.3 Å². The zero-order valence-corrected chi connectivity index (χ0v) is 8.79. The van der Waals surface area contributed by atoms with Crippen LogP contribution in [0.15, 0.2) is 4.99 Å². The van der Waals surface area contributed by atoms with Crippen LogP contribution in [0.1, 0.15) is 33.1 Å². The maximum Gasteiger partial charge on any atom is 0.191 e. The lowest BCUT2D eigenvalue weighted by molar-refractivity contribution is 0.419. The van der Waals surface area contributed by atoms with Crippen molar-refractivity contribution in [3.05, 3.63) is 0 Å². The Kier molecular flexibility index (Phi) is 4.06. The van der Waals surface area contributed by atoms with Crippen LogP contribution in [-0.2, 0) is 0 Å². The van der Waals surface area contributed by atoms with E-state index >= 15 is 0 Å². The van der Waals surface area contributed by atoms with Crippen LogP contribution in [-0.4, -0.2) is 30.5 Å². The molecule has 0 amide bonds. The minimum absolute atomic E-state index is 0.733. The van der Waals surface area contributed by atoms with Gasteiger partial charge in [-0.1, -0.05) is 6.92 Å². The molecule has 0 aromatic heterocycles. The summed E-state index contributed by atoms with van der Waals surface area (Å²) in [7, 11) is 0. The fourth-order valence-electron chi connectivity index (χ4n) is 1.75. The summed E-state index contributed by atoms with van der Waals surface area (Å²) < 4.78 is 0. The van der Waals surface area contributed by atoms with E-state index in [1.807, 2.05) is 6.92 Å². The molecule has 1 unspecified atom stereocenters. The highest BCUT2D eigenvalue weighted by atomic mass is 15.2. The van der Waals surface area contributed by atoms with Crippen molar-refractivity contribution in [1.29, 1.82) is 0 Å². The van der Waals surface area contributed by atoms with E-state index in [1.54, 1.807) is 0 Å². The molecular formula is C10H21N3. The van der Waals surface area contributed by atoms with Crippen molar-refractivity contribution < 1.29 is 0 Å². The fraction of sp³-hybridized carbons (Fsp3) is 0.900. The van der Waals surface area contributed by atoms with Crippen LogP contribution in [0.3, 0.4) is 0 Å². The van der Waals surface area contributed by atoms with Gasteiger partial charge in [0.05, 0.1) is 0 Å². The third-order valence-corrected chi connectivity index (χ3v) is 2.66. The van der Waals surface area contributed by atoms with E-state index in [0.29, 0.717) is 0 Å². The van der Waals surface area contributed by atoms with Crippen molar-refractivity contribution in [2.75, 3.05) is 19.6 Å². The fourth-order valence-corrected chi connectivity index (χ4v) is 1.75. The molecule has 0 bridgehead atoms. The molecule has 0 radical (unpaired) electrons. The van der Waals surface area contributed by atoms with Gasteiger partial charge in [0, 0.05) is 19.6 Å². The number of nitrogens with two attached hydrogens (primary N) is 1. The van der Waals surface area contributed by atoms with Gasteiger partial charge in [0.15, 0.2) is 5.96 Å². The third kappa shape index (κ3) is 3.25. The molecule has 1 fully saturated rings. The zero-order chi connectivity index (χ0) is 9.68. The standard InChI is InChI=1S/C10H21N3/c1-3-12-10(11)13-7-4-5-9(2)6-8-13/h9H,3-8H2,1-2H3,(H2,11,12). The van der Waals surface area contributed by atoms with E-state index in [2.05, 4.69) is 16.8 Å². The van der Waals surface area contributed by atoms with Gasteiger partial charge >= 0.3 is 0 Å². The molecule has 2 N–H and O–H groups in total. The molecular weight excluding hydrogens is 162 g/mol. The summed E-state index contributed by atoms with van der Waals surface area (Å²) in [5.74, 6) is 1.58. The SMILES string of the molecule is CCN=C(N)N1CCCC(C)CC1. The maximum absolute atomic E-state index is 5.85. The quantitative estimate of drug-likeness (QED) is 0.494. The lowest BCUT2D eigenvalue weighted by Crippen LogP contribution is -2.38. The number of hydrogen-bond acceptors (Lipinski definition) is 1. The summed E-state index contributed by atoms with van der Waals surface area (Å²) in [6.07, 6.45) is 3.83. The Morgan fingerprint density at radius 2 is 2.23 bits per heavy atom. The molecule has 0 aromatic carbocycles. The first-order chi connectivity index (χ1) is 6.24. The second kappa shape index (κ2) is 5.10. The number of likely N-dealkylation sites (tertiary alicyclic amines) is 1. The minimum atomic E-state index is 0.733. The Bertz CT molecular complexity index is 177. The largest absolute Gasteiger partial charge is 0.370 e. The lowest BCUT2D eigenvalue weighted by atomic mass is 10.0. The molecule has 1 aliphatic rings. The Morgan fingerprint density at radius 3 is 2.92 bits per heavy atom. The highest BCUT2D eigenvalue weighted by Crippen LogP contribution is 2.15. The molecule has 1 rings (SSSR count). The number of rotatable bonds is 1. The second-order valence-electron chi connectivity index (χ2n) is 3.86. The van der Waals surface area contributed by atoms with Crippen LogP contribution >= 0.6 is 0 Å². The maximum atomic E-state index is 5.85. The molecule has 0 saturated carbocycles. The van der Waals surface area contributed by atoms with E-state index in [0.717, 1.165) is 31.5 Å². The van der Waals surface area contributed by atoms with Crippen LogP contribution in [0.25, 0.3) is 0 Å². The second-order valence-corrected chi connectivity index (χ2v) is 3.86. The van der Waals surface area contributed by atoms with Crippen molar-refractivity contribution in [3.63, 3.8) is 0 Å². The Labute approximate surface area is 81.0 Å². The Balaban J connectivity index is 2.46. The van der Waals surface area contributed by atoms with Gasteiger partial charge in [0.25, 0.3) is 0 Å². The number of guanidine groups is 1. The first kappa shape index (κ1) is 10.4. The van der Waals surface area contributed by atoms with E-state index in [-0.39, 0.29) is 0 Å². The summed E-state index contributed by atoms with van der Waals surface area (Å²) in [6.45, 7) is 7.29. The average Bonchev–Trinajstić information content (AvgIpc) is 2.30. The van der Waals surface area contributed by atoms with Gasteiger partial charge in [-0.05, 0) is 32.1 Å². The van der Waals surface area contributed by atoms with Crippen molar-refractivity contribution in [2.24, 2.45) is 16.6 Å². The normalized spacial score (nSPS) is 25.8. The average molecular weight is 183 g/mol. The highest BCUT2D eigenvalue weighted by molar-refractivity contribution is 5.78. The highest BCUT2D eigenvalue weighted by Gasteiger charge is 2.14. The van der Waals surface area contributed by atoms with Gasteiger partial charge in [-0.25, -0.2) is 0 Å². The molecule has 76 valence electrons. The van der Waals surface area contributed by atoms with E-state index in [9.17, 15) is 0 Å². The summed E-state index contributed by atoms with van der Waals surface area (Å²) in [5.41, 5.74) is 5.85. The topological polar surface area (TPSA) is 41.6 Å². The monoisotopic (exact) mass is 183 g/mol. The number of hydrogen-bond donors (Lipinski definition) is 1. The predicted octanol–water partition coefficient (Wildman–Crippen LogP) is 1.44. The van der Waals surface area contributed by atoms with Crippen molar-refractivity contribution in [2.45, 2.75) is 33.1 Å². The molecule has 1 saturated heterocycles. The molecule has 1 aliphatic heterocycles. The minimum Gasteiger partial charge on any atom is -0.370 e. The summed E-state index contributed by atoms with van der Waals surface area (Å²) in [6, 6.07) is 0. The smallest absolute Gasteiger partial charge is 0.191 e. The van der Waals surface area contributed by atoms with E-state index < -0.39 is 0 Å². The van der Waals surface area contributed by atoms with Crippen molar-refractivity contribution in [3.8, 4) is 0 Å². The lowest BCUT2D eigenvalue weighted by Gasteiger charge is -2.21. The van der Waals surface area contributed by atoms with Crippen LogP contribution in [0, 0.1) is 5.92 Å². The van der Waals surface area contributed by atoms with Crippen LogP contribution in [0.2, 0.25) is 0 Å². The first-order valence-electron chi connectivity index (χ1n) is 5.29. The molecule has 13 heavy (non-hydrogen) atoms. The Morgan fingerprint density at radius 1 is 1.46 bits per heavy atom. The summed E-state index contributed by atoms with van der Waals surface area (Å²) in [5, 5.41) is 0. The number of nitrogens with zero attached hydrogens (tertiary/aromatic N) is 2. The van der Waals surface area contributed by atoms with Crippen molar-refractivity contribution in [1.82, 2.24) is 4.90 Å². The van der Waals surface area contributed by atoms with Crippen LogP contribution < -0.4 is 5.73 Å². The predicted molar refractivity (Wildman–Crippen MR) is 56.8 cm³/mol. The number of aliphatic imine (C=N–C) groups is 1. The molecule has 0 aromatic rings. The molecule has 0 spiro atoms. The third-order valence-electron chi connectivity index (χ3n) is 2.66. The summed E-state index contributed by atoms with van der Waals surface area (Å²) in [4.78, 5) is 6.45. The van der Waals surface area contributed by atoms with Gasteiger partial charge in [-0.3, -0.25) is 4.99 Å². The molecule has 3 heteroatoms. The van der Waals surface area contributed by atoms with Gasteiger partial charge in [0.1, 0.15) is 0 Å². The van der Waals surface area contributed by atoms with Gasteiger partial charge in [-0.15, -0.1) is 0 Å². The molecule has 3 nitrogen and oxygen atoms in total. The van der Waals surface area contributed by atoms with Crippen LogP contribution in [0.5, 0.6) is 0 Å². The van der Waals surface area contributed by atoms with E-state index in [4.69, 9.17) is 5.73 Å². The Hall–Kier alpha value is -0.730. The van der Waals surface area contributed by atoms with Crippen LogP contribution in [0.4, 0.5) is 0 Å².